The first kappa shape index (κ1) is 28.8. The molecule has 6 nitrogen and oxygen atoms in total. The molecule has 1 heterocycles. The molecule has 0 radical (unpaired) electrons. The number of halogens is 7. The lowest BCUT2D eigenvalue weighted by molar-refractivity contribution is -0.138. The Kier molecular flexibility index (Phi) is 7.23. The van der Waals surface area contributed by atoms with E-state index in [1.54, 1.807) is 24.3 Å². The van der Waals surface area contributed by atoms with Gasteiger partial charge in [-0.15, -0.1) is 0 Å². The van der Waals surface area contributed by atoms with Gasteiger partial charge in [0.15, 0.2) is 0 Å². The summed E-state index contributed by atoms with van der Waals surface area (Å²) in [6.45, 7) is 2.18. The first-order valence-electron chi connectivity index (χ1n) is 11.5. The van der Waals surface area contributed by atoms with Crippen LogP contribution in [0.5, 0.6) is 0 Å². The summed E-state index contributed by atoms with van der Waals surface area (Å²) < 4.78 is 81.3. The van der Waals surface area contributed by atoms with Crippen molar-refractivity contribution in [3.8, 4) is 6.07 Å². The maximum absolute atomic E-state index is 13.6. The molecule has 1 fully saturated rings. The predicted molar refractivity (Wildman–Crippen MR) is 135 cm³/mol. The van der Waals surface area contributed by atoms with Crippen LogP contribution >= 0.6 is 11.6 Å². The van der Waals surface area contributed by atoms with Gasteiger partial charge in [0.1, 0.15) is 5.54 Å². The average molecular weight is 581 g/mol. The molecule has 0 atom stereocenters. The quantitative estimate of drug-likeness (QED) is 0.247. The zero-order chi connectivity index (χ0) is 29.6. The number of nitriles is 1. The van der Waals surface area contributed by atoms with Crippen LogP contribution in [0.3, 0.4) is 0 Å². The summed E-state index contributed by atoms with van der Waals surface area (Å²) in [6, 6.07) is 11.9. The van der Waals surface area contributed by atoms with Gasteiger partial charge in [-0.2, -0.15) is 31.6 Å². The van der Waals surface area contributed by atoms with Crippen molar-refractivity contribution in [3.63, 3.8) is 0 Å². The van der Waals surface area contributed by atoms with Gasteiger partial charge in [0.2, 0.25) is 0 Å². The molecule has 1 aliphatic rings. The zero-order valence-electron chi connectivity index (χ0n) is 20.8. The molecule has 3 aromatic carbocycles. The van der Waals surface area contributed by atoms with Gasteiger partial charge in [-0.05, 0) is 80.1 Å². The zero-order valence-corrected chi connectivity index (χ0v) is 21.5. The molecule has 0 spiro atoms. The highest BCUT2D eigenvalue weighted by molar-refractivity contribution is 6.30. The molecule has 0 aromatic heterocycles. The summed E-state index contributed by atoms with van der Waals surface area (Å²) in [4.78, 5) is 28.3. The number of urea groups is 1. The van der Waals surface area contributed by atoms with E-state index in [0.29, 0.717) is 21.7 Å². The minimum Gasteiger partial charge on any atom is -0.355 e. The van der Waals surface area contributed by atoms with Crippen LogP contribution in [0.2, 0.25) is 5.02 Å². The van der Waals surface area contributed by atoms with E-state index >= 15 is 0 Å². The van der Waals surface area contributed by atoms with Crippen LogP contribution in [0.15, 0.2) is 60.7 Å². The van der Waals surface area contributed by atoms with E-state index in [-0.39, 0.29) is 11.3 Å². The Hall–Kier alpha value is -4.24. The van der Waals surface area contributed by atoms with Crippen molar-refractivity contribution >= 4 is 40.6 Å². The second-order valence-corrected chi connectivity index (χ2v) is 9.85. The maximum atomic E-state index is 13.6. The van der Waals surface area contributed by atoms with Crippen molar-refractivity contribution in [1.82, 2.24) is 4.90 Å². The molecule has 1 N–H and O–H groups in total. The molecule has 4 rings (SSSR count). The third-order valence-corrected chi connectivity index (χ3v) is 6.65. The molecule has 40 heavy (non-hydrogen) atoms. The van der Waals surface area contributed by atoms with Gasteiger partial charge in [-0.1, -0.05) is 11.6 Å². The molecular formula is C27H19ClF6N4O2. The van der Waals surface area contributed by atoms with Crippen molar-refractivity contribution in [2.75, 3.05) is 10.2 Å². The number of rotatable bonds is 5. The monoisotopic (exact) mass is 580 g/mol. The molecule has 1 saturated heterocycles. The lowest BCUT2D eigenvalue weighted by atomic mass is 10.0. The van der Waals surface area contributed by atoms with Gasteiger partial charge >= 0.3 is 18.4 Å². The number of imide groups is 1. The fourth-order valence-electron chi connectivity index (χ4n) is 4.21. The molecule has 1 aliphatic heterocycles. The Morgan fingerprint density at radius 1 is 0.925 bits per heavy atom. The minimum absolute atomic E-state index is 0.00309. The number of amides is 3. The van der Waals surface area contributed by atoms with Crippen LogP contribution in [-0.2, 0) is 23.7 Å². The highest BCUT2D eigenvalue weighted by Crippen LogP contribution is 2.40. The van der Waals surface area contributed by atoms with E-state index in [4.69, 9.17) is 16.9 Å². The highest BCUT2D eigenvalue weighted by atomic mass is 35.5. The van der Waals surface area contributed by atoms with Gasteiger partial charge < -0.3 is 10.2 Å². The summed E-state index contributed by atoms with van der Waals surface area (Å²) in [5.41, 5.74) is -4.44. The van der Waals surface area contributed by atoms with E-state index < -0.39 is 58.8 Å². The Bertz CT molecular complexity index is 1530. The second-order valence-electron chi connectivity index (χ2n) is 9.41. The molecule has 0 aliphatic carbocycles. The third-order valence-electron chi connectivity index (χ3n) is 6.39. The number of hydrogen-bond acceptors (Lipinski definition) is 4. The van der Waals surface area contributed by atoms with Crippen LogP contribution in [0.25, 0.3) is 0 Å². The number of anilines is 3. The Morgan fingerprint density at radius 3 is 2.15 bits per heavy atom. The standard InChI is InChI=1S/C27H19ClF6N4O2/c1-25(2)23(39)38(20-9-3-15(13-35)21(12-20)27(32,33)34)24(40)37(25)14-16-11-17(26(29,30)31)4-10-22(16)36-19-7-5-18(28)6-8-19/h3-12,36H,14H2,1-2H3. The van der Waals surface area contributed by atoms with E-state index in [1.165, 1.54) is 26.0 Å². The number of carbonyl (C=O) groups is 2. The average Bonchev–Trinajstić information content (AvgIpc) is 3.03. The first-order chi connectivity index (χ1) is 18.5. The fraction of sp³-hybridized carbons (Fsp3) is 0.222. The smallest absolute Gasteiger partial charge is 0.355 e. The van der Waals surface area contributed by atoms with Gasteiger partial charge in [0, 0.05) is 16.4 Å². The van der Waals surface area contributed by atoms with Crippen molar-refractivity contribution < 1.29 is 35.9 Å². The van der Waals surface area contributed by atoms with E-state index in [0.717, 1.165) is 29.2 Å². The number of nitrogens with zero attached hydrogens (tertiary/aromatic N) is 3. The van der Waals surface area contributed by atoms with Crippen molar-refractivity contribution in [1.29, 1.82) is 5.26 Å². The summed E-state index contributed by atoms with van der Waals surface area (Å²) in [7, 11) is 0. The SMILES string of the molecule is CC1(C)C(=O)N(c2ccc(C#N)c(C(F)(F)F)c2)C(=O)N1Cc1cc(C(F)(F)F)ccc1Nc1ccc(Cl)cc1. The second kappa shape index (κ2) is 10.1. The van der Waals surface area contributed by atoms with Gasteiger partial charge in [-0.25, -0.2) is 9.69 Å². The largest absolute Gasteiger partial charge is 0.417 e. The third kappa shape index (κ3) is 5.42. The molecule has 0 bridgehead atoms. The van der Waals surface area contributed by atoms with Crippen molar-refractivity contribution in [2.45, 2.75) is 38.3 Å². The van der Waals surface area contributed by atoms with Crippen molar-refractivity contribution in [3.05, 3.63) is 87.9 Å². The maximum Gasteiger partial charge on any atom is 0.417 e. The van der Waals surface area contributed by atoms with Gasteiger partial charge in [0.25, 0.3) is 5.91 Å². The van der Waals surface area contributed by atoms with E-state index in [1.807, 2.05) is 0 Å². The Morgan fingerprint density at radius 2 is 1.57 bits per heavy atom. The van der Waals surface area contributed by atoms with Crippen molar-refractivity contribution in [2.24, 2.45) is 0 Å². The summed E-state index contributed by atoms with van der Waals surface area (Å²) in [5.74, 6) is -0.894. The number of benzene rings is 3. The number of nitrogens with one attached hydrogen (secondary N) is 1. The number of alkyl halides is 6. The summed E-state index contributed by atoms with van der Waals surface area (Å²) in [6.07, 6.45) is -9.65. The van der Waals surface area contributed by atoms with Gasteiger partial charge in [-0.3, -0.25) is 4.79 Å². The van der Waals surface area contributed by atoms with Crippen LogP contribution in [0, 0.1) is 11.3 Å². The lowest BCUT2D eigenvalue weighted by Crippen LogP contribution is -2.43. The molecule has 0 unspecified atom stereocenters. The summed E-state index contributed by atoms with van der Waals surface area (Å²) in [5, 5.41) is 12.5. The topological polar surface area (TPSA) is 76.4 Å². The Balaban J connectivity index is 1.75. The van der Waals surface area contributed by atoms with Gasteiger partial charge in [0.05, 0.1) is 35.0 Å². The highest BCUT2D eigenvalue weighted by Gasteiger charge is 2.52. The number of hydrogen-bond donors (Lipinski definition) is 1. The van der Waals surface area contributed by atoms with E-state index in [2.05, 4.69) is 5.32 Å². The van der Waals surface area contributed by atoms with Crippen LogP contribution in [-0.4, -0.2) is 22.4 Å². The minimum atomic E-state index is -4.94. The summed E-state index contributed by atoms with van der Waals surface area (Å²) >= 11 is 5.90. The molecule has 208 valence electrons. The molecular weight excluding hydrogens is 562 g/mol. The molecule has 0 saturated carbocycles. The lowest BCUT2D eigenvalue weighted by Gasteiger charge is -2.29. The molecule has 3 amide bonds. The first-order valence-corrected chi connectivity index (χ1v) is 11.9. The van der Waals surface area contributed by atoms with E-state index in [9.17, 15) is 35.9 Å². The predicted octanol–water partition coefficient (Wildman–Crippen LogP) is 7.74. The van der Waals surface area contributed by atoms with Crippen LogP contribution in [0.1, 0.15) is 36.1 Å². The Labute approximate surface area is 229 Å². The van der Waals surface area contributed by atoms with Crippen LogP contribution < -0.4 is 10.2 Å². The molecule has 13 heteroatoms. The van der Waals surface area contributed by atoms with Crippen LogP contribution in [0.4, 0.5) is 48.2 Å². The fourth-order valence-corrected chi connectivity index (χ4v) is 4.34. The normalized spacial score (nSPS) is 15.4. The number of carbonyl (C=O) groups excluding carboxylic acids is 2. The molecule has 3 aromatic rings.